The molecular weight excluding hydrogens is 246 g/mol. The third-order valence-electron chi connectivity index (χ3n) is 4.97. The van der Waals surface area contributed by atoms with Crippen molar-refractivity contribution in [2.24, 2.45) is 11.8 Å². The Balaban J connectivity index is 1.94. The van der Waals surface area contributed by atoms with Gasteiger partial charge >= 0.3 is 0 Å². The molecule has 1 fully saturated rings. The van der Waals surface area contributed by atoms with Gasteiger partial charge in [0, 0.05) is 6.04 Å². The van der Waals surface area contributed by atoms with Gasteiger partial charge in [-0.15, -0.1) is 0 Å². The number of rotatable bonds is 4. The van der Waals surface area contributed by atoms with Crippen molar-refractivity contribution in [2.75, 3.05) is 13.1 Å². The second-order valence-corrected chi connectivity index (χ2v) is 6.71. The molecule has 1 N–H and O–H groups in total. The van der Waals surface area contributed by atoms with Gasteiger partial charge in [-0.05, 0) is 57.2 Å². The number of piperidine rings is 1. The van der Waals surface area contributed by atoms with Crippen LogP contribution in [0.4, 0.5) is 0 Å². The van der Waals surface area contributed by atoms with Crippen LogP contribution in [0.5, 0.6) is 0 Å². The van der Waals surface area contributed by atoms with E-state index in [1.807, 2.05) is 0 Å². The fourth-order valence-corrected chi connectivity index (χ4v) is 3.24. The SMILES string of the molecule is Cc1ccc(C(O)C(C)N2CCC(C(C)C)CC2)cc1. The quantitative estimate of drug-likeness (QED) is 0.904. The molecule has 0 bridgehead atoms. The van der Waals surface area contributed by atoms with Gasteiger partial charge in [0.15, 0.2) is 0 Å². The van der Waals surface area contributed by atoms with Gasteiger partial charge in [-0.25, -0.2) is 0 Å². The van der Waals surface area contributed by atoms with Crippen molar-refractivity contribution in [3.05, 3.63) is 35.4 Å². The zero-order chi connectivity index (χ0) is 14.7. The van der Waals surface area contributed by atoms with Gasteiger partial charge < -0.3 is 5.11 Å². The van der Waals surface area contributed by atoms with Gasteiger partial charge in [-0.3, -0.25) is 4.90 Å². The smallest absolute Gasteiger partial charge is 0.0942 e. The van der Waals surface area contributed by atoms with Crippen molar-refractivity contribution in [2.45, 2.75) is 52.7 Å². The van der Waals surface area contributed by atoms with Crippen LogP contribution in [0.1, 0.15) is 50.8 Å². The number of benzene rings is 1. The van der Waals surface area contributed by atoms with Gasteiger partial charge in [0.1, 0.15) is 0 Å². The number of hydrogen-bond acceptors (Lipinski definition) is 2. The Morgan fingerprint density at radius 3 is 2.10 bits per heavy atom. The lowest BCUT2D eigenvalue weighted by molar-refractivity contribution is 0.0322. The van der Waals surface area contributed by atoms with Crippen LogP contribution in [-0.4, -0.2) is 29.1 Å². The molecule has 0 spiro atoms. The van der Waals surface area contributed by atoms with E-state index in [1.54, 1.807) is 0 Å². The lowest BCUT2D eigenvalue weighted by atomic mass is 9.86. The molecule has 1 aliphatic heterocycles. The molecule has 2 atom stereocenters. The molecule has 0 radical (unpaired) electrons. The highest BCUT2D eigenvalue weighted by Gasteiger charge is 2.28. The highest BCUT2D eigenvalue weighted by molar-refractivity contribution is 5.24. The van der Waals surface area contributed by atoms with E-state index < -0.39 is 0 Å². The van der Waals surface area contributed by atoms with Gasteiger partial charge in [0.25, 0.3) is 0 Å². The first-order valence-electron chi connectivity index (χ1n) is 7.97. The largest absolute Gasteiger partial charge is 0.387 e. The van der Waals surface area contributed by atoms with Crippen LogP contribution >= 0.6 is 0 Å². The summed E-state index contributed by atoms with van der Waals surface area (Å²) in [7, 11) is 0. The van der Waals surface area contributed by atoms with E-state index in [-0.39, 0.29) is 12.1 Å². The minimum absolute atomic E-state index is 0.200. The highest BCUT2D eigenvalue weighted by atomic mass is 16.3. The number of likely N-dealkylation sites (tertiary alicyclic amines) is 1. The number of nitrogens with zero attached hydrogens (tertiary/aromatic N) is 1. The second-order valence-electron chi connectivity index (χ2n) is 6.71. The van der Waals surface area contributed by atoms with E-state index in [1.165, 1.54) is 18.4 Å². The van der Waals surface area contributed by atoms with Crippen LogP contribution in [0.2, 0.25) is 0 Å². The molecular formula is C18H29NO. The van der Waals surface area contributed by atoms with Gasteiger partial charge in [0.05, 0.1) is 6.10 Å². The maximum Gasteiger partial charge on any atom is 0.0942 e. The van der Waals surface area contributed by atoms with Crippen LogP contribution in [-0.2, 0) is 0 Å². The number of hydrogen-bond donors (Lipinski definition) is 1. The van der Waals surface area contributed by atoms with Crippen molar-refractivity contribution >= 4 is 0 Å². The molecule has 1 heterocycles. The summed E-state index contributed by atoms with van der Waals surface area (Å²) in [5.74, 6) is 1.64. The zero-order valence-electron chi connectivity index (χ0n) is 13.3. The summed E-state index contributed by atoms with van der Waals surface area (Å²) in [6.07, 6.45) is 2.15. The summed E-state index contributed by atoms with van der Waals surface area (Å²) in [5.41, 5.74) is 2.28. The van der Waals surface area contributed by atoms with Gasteiger partial charge in [-0.2, -0.15) is 0 Å². The third kappa shape index (κ3) is 3.62. The summed E-state index contributed by atoms with van der Waals surface area (Å²) >= 11 is 0. The Morgan fingerprint density at radius 2 is 1.60 bits per heavy atom. The summed E-state index contributed by atoms with van der Waals surface area (Å²) in [6.45, 7) is 11.1. The van der Waals surface area contributed by atoms with E-state index in [4.69, 9.17) is 0 Å². The first-order chi connectivity index (χ1) is 9.49. The van der Waals surface area contributed by atoms with Gasteiger partial charge in [-0.1, -0.05) is 43.7 Å². The molecule has 1 aliphatic rings. The summed E-state index contributed by atoms with van der Waals surface area (Å²) in [6, 6.07) is 8.46. The summed E-state index contributed by atoms with van der Waals surface area (Å²) < 4.78 is 0. The van der Waals surface area contributed by atoms with E-state index >= 15 is 0 Å². The minimum atomic E-state index is -0.383. The molecule has 2 heteroatoms. The number of aryl methyl sites for hydroxylation is 1. The fourth-order valence-electron chi connectivity index (χ4n) is 3.24. The standard InChI is InChI=1S/C18H29NO/c1-13(2)16-9-11-19(12-10-16)15(4)18(20)17-7-5-14(3)6-8-17/h5-8,13,15-16,18,20H,9-12H2,1-4H3. The molecule has 1 aromatic rings. The molecule has 0 aromatic heterocycles. The molecule has 1 saturated heterocycles. The Hall–Kier alpha value is -0.860. The first kappa shape index (κ1) is 15.5. The van der Waals surface area contributed by atoms with E-state index in [0.717, 1.165) is 30.5 Å². The van der Waals surface area contributed by atoms with Crippen molar-refractivity contribution < 1.29 is 5.11 Å². The molecule has 0 aliphatic carbocycles. The molecule has 2 rings (SSSR count). The van der Waals surface area contributed by atoms with Crippen LogP contribution in [0.15, 0.2) is 24.3 Å². The lowest BCUT2D eigenvalue weighted by Gasteiger charge is -2.39. The predicted octanol–water partition coefficient (Wildman–Crippen LogP) is 3.78. The number of aliphatic hydroxyl groups excluding tert-OH is 1. The van der Waals surface area contributed by atoms with Crippen LogP contribution < -0.4 is 0 Å². The maximum atomic E-state index is 10.6. The van der Waals surface area contributed by atoms with Crippen molar-refractivity contribution in [3.8, 4) is 0 Å². The Morgan fingerprint density at radius 1 is 1.05 bits per heavy atom. The molecule has 2 unspecified atom stereocenters. The fraction of sp³-hybridized carbons (Fsp3) is 0.667. The molecule has 0 saturated carbocycles. The van der Waals surface area contributed by atoms with E-state index in [0.29, 0.717) is 0 Å². The normalized spacial score (nSPS) is 21.1. The molecule has 2 nitrogen and oxygen atoms in total. The Kier molecular flexibility index (Phi) is 5.22. The minimum Gasteiger partial charge on any atom is -0.387 e. The van der Waals surface area contributed by atoms with Crippen LogP contribution in [0.3, 0.4) is 0 Å². The average Bonchev–Trinajstić information content (AvgIpc) is 2.46. The maximum absolute atomic E-state index is 10.6. The van der Waals surface area contributed by atoms with Crippen molar-refractivity contribution in [1.82, 2.24) is 4.90 Å². The van der Waals surface area contributed by atoms with E-state index in [2.05, 4.69) is 56.9 Å². The molecule has 0 amide bonds. The van der Waals surface area contributed by atoms with Crippen molar-refractivity contribution in [3.63, 3.8) is 0 Å². The summed E-state index contributed by atoms with van der Waals surface area (Å²) in [5, 5.41) is 10.6. The van der Waals surface area contributed by atoms with Crippen LogP contribution in [0, 0.1) is 18.8 Å². The van der Waals surface area contributed by atoms with Gasteiger partial charge in [0.2, 0.25) is 0 Å². The molecule has 20 heavy (non-hydrogen) atoms. The Labute approximate surface area is 123 Å². The lowest BCUT2D eigenvalue weighted by Crippen LogP contribution is -2.43. The third-order valence-corrected chi connectivity index (χ3v) is 4.97. The highest BCUT2D eigenvalue weighted by Crippen LogP contribution is 2.29. The number of aliphatic hydroxyl groups is 1. The molecule has 112 valence electrons. The Bertz CT molecular complexity index is 404. The van der Waals surface area contributed by atoms with E-state index in [9.17, 15) is 5.11 Å². The predicted molar refractivity (Wildman–Crippen MR) is 84.7 cm³/mol. The van der Waals surface area contributed by atoms with Crippen LogP contribution in [0.25, 0.3) is 0 Å². The second kappa shape index (κ2) is 6.73. The van der Waals surface area contributed by atoms with Crippen molar-refractivity contribution in [1.29, 1.82) is 0 Å². The monoisotopic (exact) mass is 275 g/mol. The molecule has 1 aromatic carbocycles. The average molecular weight is 275 g/mol. The summed E-state index contributed by atoms with van der Waals surface area (Å²) in [4.78, 5) is 2.45. The zero-order valence-corrected chi connectivity index (χ0v) is 13.3. The topological polar surface area (TPSA) is 23.5 Å². The first-order valence-corrected chi connectivity index (χ1v) is 7.97.